The average molecular weight is 181 g/mol. The van der Waals surface area contributed by atoms with E-state index < -0.39 is 6.04 Å². The first-order valence-electron chi connectivity index (χ1n) is 4.69. The molecule has 1 atom stereocenters. The van der Waals surface area contributed by atoms with Crippen molar-refractivity contribution < 1.29 is 4.79 Å². The van der Waals surface area contributed by atoms with Gasteiger partial charge >= 0.3 is 0 Å². The van der Waals surface area contributed by atoms with Gasteiger partial charge in [0.2, 0.25) is 0 Å². The minimum atomic E-state index is -1.01. The highest BCUT2D eigenvalue weighted by atomic mass is 16.2. The van der Waals surface area contributed by atoms with Crippen molar-refractivity contribution in [2.75, 3.05) is 0 Å². The monoisotopic (exact) mass is 181 g/mol. The number of carbonyl (C=O) groups is 1. The fourth-order valence-electron chi connectivity index (χ4n) is 1.60. The summed E-state index contributed by atoms with van der Waals surface area (Å²) in [5.74, 6) is -0.339. The summed E-state index contributed by atoms with van der Waals surface area (Å²) < 4.78 is 0. The molecule has 1 rings (SSSR count). The molecule has 4 nitrogen and oxygen atoms in total. The summed E-state index contributed by atoms with van der Waals surface area (Å²) in [6.45, 7) is 0. The Labute approximate surface area is 78.1 Å². The molecule has 1 unspecified atom stereocenters. The van der Waals surface area contributed by atoms with Crippen molar-refractivity contribution in [2.24, 2.45) is 5.73 Å². The molecule has 1 amide bonds. The molecule has 4 heteroatoms. The maximum absolute atomic E-state index is 11.2. The maximum atomic E-state index is 11.2. The van der Waals surface area contributed by atoms with Gasteiger partial charge in [-0.3, -0.25) is 4.79 Å². The molecule has 1 fully saturated rings. The van der Waals surface area contributed by atoms with Crippen LogP contribution in [0.25, 0.3) is 0 Å². The van der Waals surface area contributed by atoms with Gasteiger partial charge in [-0.25, -0.2) is 0 Å². The lowest BCUT2D eigenvalue weighted by atomic mass is 9.95. The second kappa shape index (κ2) is 4.83. The van der Waals surface area contributed by atoms with Crippen molar-refractivity contribution in [1.29, 1.82) is 5.26 Å². The highest BCUT2D eigenvalue weighted by Gasteiger charge is 2.19. The van der Waals surface area contributed by atoms with Crippen molar-refractivity contribution in [3.8, 4) is 6.07 Å². The van der Waals surface area contributed by atoms with E-state index in [0.717, 1.165) is 25.7 Å². The van der Waals surface area contributed by atoms with E-state index in [9.17, 15) is 4.79 Å². The number of nitriles is 1. The molecule has 0 spiro atoms. The summed E-state index contributed by atoms with van der Waals surface area (Å²) in [5.41, 5.74) is 5.26. The van der Waals surface area contributed by atoms with Gasteiger partial charge in [0.05, 0.1) is 6.07 Å². The van der Waals surface area contributed by atoms with Gasteiger partial charge in [0.15, 0.2) is 6.04 Å². The van der Waals surface area contributed by atoms with Crippen LogP contribution < -0.4 is 11.1 Å². The van der Waals surface area contributed by atoms with Crippen LogP contribution in [0, 0.1) is 11.3 Å². The molecule has 0 aromatic heterocycles. The molecule has 72 valence electrons. The summed E-state index contributed by atoms with van der Waals surface area (Å²) in [6.07, 6.45) is 5.60. The molecule has 0 aromatic rings. The van der Waals surface area contributed by atoms with Crippen LogP contribution in [-0.2, 0) is 4.79 Å². The second-order valence-corrected chi connectivity index (χ2v) is 3.45. The Hall–Kier alpha value is -1.08. The molecule has 0 bridgehead atoms. The number of rotatable bonds is 2. The average Bonchev–Trinajstić information content (AvgIpc) is 2.18. The fourth-order valence-corrected chi connectivity index (χ4v) is 1.60. The number of nitrogens with two attached hydrogens (primary N) is 1. The molecular weight excluding hydrogens is 166 g/mol. The Morgan fingerprint density at radius 1 is 1.46 bits per heavy atom. The molecule has 1 aliphatic rings. The number of hydrogen-bond acceptors (Lipinski definition) is 3. The Bertz CT molecular complexity index is 215. The van der Waals surface area contributed by atoms with Crippen LogP contribution in [0.4, 0.5) is 0 Å². The Morgan fingerprint density at radius 3 is 2.62 bits per heavy atom. The molecule has 1 saturated carbocycles. The maximum Gasteiger partial charge on any atom is 0.251 e. The number of nitrogens with one attached hydrogen (secondary N) is 1. The Morgan fingerprint density at radius 2 is 2.08 bits per heavy atom. The number of amides is 1. The highest BCUT2D eigenvalue weighted by Crippen LogP contribution is 2.17. The summed E-state index contributed by atoms with van der Waals surface area (Å²) in [5, 5.41) is 11.2. The van der Waals surface area contributed by atoms with E-state index in [-0.39, 0.29) is 11.9 Å². The second-order valence-electron chi connectivity index (χ2n) is 3.45. The molecule has 13 heavy (non-hydrogen) atoms. The first kappa shape index (κ1) is 10.0. The molecule has 3 N–H and O–H groups in total. The van der Waals surface area contributed by atoms with Gasteiger partial charge < -0.3 is 11.1 Å². The molecule has 0 radical (unpaired) electrons. The van der Waals surface area contributed by atoms with E-state index in [1.54, 1.807) is 6.07 Å². The van der Waals surface area contributed by atoms with Gasteiger partial charge in [-0.2, -0.15) is 5.26 Å². The molecule has 0 aromatic carbocycles. The predicted octanol–water partition coefficient (Wildman–Crippen LogP) is 0.286. The Kier molecular flexibility index (Phi) is 3.71. The van der Waals surface area contributed by atoms with Gasteiger partial charge in [0.1, 0.15) is 0 Å². The fraction of sp³-hybridized carbons (Fsp3) is 0.778. The summed E-state index contributed by atoms with van der Waals surface area (Å²) in [6, 6.07) is 0.945. The van der Waals surface area contributed by atoms with Crippen molar-refractivity contribution >= 4 is 5.91 Å². The highest BCUT2D eigenvalue weighted by molar-refractivity contribution is 5.84. The van der Waals surface area contributed by atoms with Gasteiger partial charge in [0, 0.05) is 6.04 Å². The number of carbonyl (C=O) groups excluding carboxylic acids is 1. The topological polar surface area (TPSA) is 78.9 Å². The largest absolute Gasteiger partial charge is 0.351 e. The van der Waals surface area contributed by atoms with Crippen LogP contribution in [-0.4, -0.2) is 18.0 Å². The van der Waals surface area contributed by atoms with E-state index in [2.05, 4.69) is 5.32 Å². The minimum absolute atomic E-state index is 0.237. The lowest BCUT2D eigenvalue weighted by Gasteiger charge is -2.23. The third kappa shape index (κ3) is 3.03. The number of nitrogens with zero attached hydrogens (tertiary/aromatic N) is 1. The van der Waals surface area contributed by atoms with Crippen molar-refractivity contribution in [3.05, 3.63) is 0 Å². The lowest BCUT2D eigenvalue weighted by molar-refractivity contribution is -0.122. The Balaban J connectivity index is 2.31. The van der Waals surface area contributed by atoms with Crippen molar-refractivity contribution in [1.82, 2.24) is 5.32 Å². The lowest BCUT2D eigenvalue weighted by Crippen LogP contribution is -2.45. The molecule has 1 aliphatic carbocycles. The minimum Gasteiger partial charge on any atom is -0.351 e. The first-order valence-corrected chi connectivity index (χ1v) is 4.69. The van der Waals surface area contributed by atoms with E-state index in [1.807, 2.05) is 0 Å². The van der Waals surface area contributed by atoms with Crippen LogP contribution in [0.3, 0.4) is 0 Å². The molecular formula is C9H15N3O. The zero-order chi connectivity index (χ0) is 9.68. The van der Waals surface area contributed by atoms with Crippen LogP contribution >= 0.6 is 0 Å². The van der Waals surface area contributed by atoms with Gasteiger partial charge in [-0.15, -0.1) is 0 Å². The van der Waals surface area contributed by atoms with Crippen molar-refractivity contribution in [2.45, 2.75) is 44.2 Å². The van der Waals surface area contributed by atoms with Crippen LogP contribution in [0.1, 0.15) is 32.1 Å². The van der Waals surface area contributed by atoms with Crippen LogP contribution in [0.5, 0.6) is 0 Å². The van der Waals surface area contributed by atoms with E-state index >= 15 is 0 Å². The summed E-state index contributed by atoms with van der Waals surface area (Å²) >= 11 is 0. The number of hydrogen-bond donors (Lipinski definition) is 2. The van der Waals surface area contributed by atoms with Crippen LogP contribution in [0.2, 0.25) is 0 Å². The van der Waals surface area contributed by atoms with E-state index in [1.165, 1.54) is 6.42 Å². The summed E-state index contributed by atoms with van der Waals surface area (Å²) in [7, 11) is 0. The van der Waals surface area contributed by atoms with E-state index in [0.29, 0.717) is 0 Å². The molecule has 0 heterocycles. The predicted molar refractivity (Wildman–Crippen MR) is 48.6 cm³/mol. The van der Waals surface area contributed by atoms with Gasteiger partial charge in [-0.1, -0.05) is 19.3 Å². The molecule has 0 saturated heterocycles. The normalized spacial score (nSPS) is 20.3. The zero-order valence-electron chi connectivity index (χ0n) is 7.62. The van der Waals surface area contributed by atoms with E-state index in [4.69, 9.17) is 11.0 Å². The quantitative estimate of drug-likeness (QED) is 0.642. The molecule has 0 aliphatic heterocycles. The zero-order valence-corrected chi connectivity index (χ0v) is 7.62. The van der Waals surface area contributed by atoms with Gasteiger partial charge in [-0.05, 0) is 12.8 Å². The van der Waals surface area contributed by atoms with Crippen molar-refractivity contribution in [3.63, 3.8) is 0 Å². The third-order valence-electron chi connectivity index (χ3n) is 2.37. The first-order chi connectivity index (χ1) is 6.24. The van der Waals surface area contributed by atoms with Gasteiger partial charge in [0.25, 0.3) is 5.91 Å². The third-order valence-corrected chi connectivity index (χ3v) is 2.37. The van der Waals surface area contributed by atoms with Crippen LogP contribution in [0.15, 0.2) is 0 Å². The smallest absolute Gasteiger partial charge is 0.251 e. The standard InChI is InChI=1S/C9H15N3O/c10-6-8(11)9(13)12-7-4-2-1-3-5-7/h7-8H,1-5,11H2,(H,12,13). The summed E-state index contributed by atoms with van der Waals surface area (Å²) in [4.78, 5) is 11.2. The SMILES string of the molecule is N#CC(N)C(=O)NC1CCCCC1.